The van der Waals surface area contributed by atoms with Gasteiger partial charge in [-0.2, -0.15) is 0 Å². The molecule has 0 aromatic heterocycles. The van der Waals surface area contributed by atoms with E-state index in [0.717, 1.165) is 0 Å². The number of hydrogen-bond donors (Lipinski definition) is 0. The first-order valence-corrected chi connectivity index (χ1v) is 9.91. The van der Waals surface area contributed by atoms with E-state index < -0.39 is 7.14 Å². The van der Waals surface area contributed by atoms with Gasteiger partial charge in [-0.1, -0.05) is 44.6 Å². The lowest BCUT2D eigenvalue weighted by Gasteiger charge is -2.33. The van der Waals surface area contributed by atoms with Crippen LogP contribution in [-0.2, 0) is 4.57 Å². The van der Waals surface area contributed by atoms with Crippen LogP contribution in [0.4, 0.5) is 0 Å². The molecule has 19 heavy (non-hydrogen) atoms. The topological polar surface area (TPSA) is 17.1 Å². The average Bonchev–Trinajstić information content (AvgIpc) is 2.23. The zero-order chi connectivity index (χ0) is 14.7. The first-order chi connectivity index (χ1) is 8.62. The zero-order valence-corrected chi connectivity index (χ0v) is 14.3. The van der Waals surface area contributed by atoms with Crippen molar-refractivity contribution in [1.29, 1.82) is 0 Å². The van der Waals surface area contributed by atoms with Gasteiger partial charge < -0.3 is 4.57 Å². The summed E-state index contributed by atoms with van der Waals surface area (Å²) in [5, 5.41) is 0. The highest BCUT2D eigenvalue weighted by molar-refractivity contribution is 7.65. The Bertz CT molecular complexity index is 446. The van der Waals surface area contributed by atoms with Crippen LogP contribution in [0, 0.1) is 11.3 Å². The van der Waals surface area contributed by atoms with Crippen molar-refractivity contribution in [3.63, 3.8) is 0 Å². The molecule has 1 nitrogen and oxygen atoms in total. The van der Waals surface area contributed by atoms with Gasteiger partial charge in [-0.15, -0.1) is 0 Å². The lowest BCUT2D eigenvalue weighted by Crippen LogP contribution is -2.19. The van der Waals surface area contributed by atoms with Gasteiger partial charge in [0.1, 0.15) is 7.14 Å². The Morgan fingerprint density at radius 1 is 1.26 bits per heavy atom. The van der Waals surface area contributed by atoms with E-state index in [1.54, 1.807) is 13.3 Å². The van der Waals surface area contributed by atoms with Gasteiger partial charge in [0.25, 0.3) is 0 Å². The van der Waals surface area contributed by atoms with Crippen LogP contribution < -0.4 is 0 Å². The van der Waals surface area contributed by atoms with E-state index in [1.807, 2.05) is 5.82 Å². The average molecular weight is 280 g/mol. The molecule has 0 aliphatic heterocycles. The molecule has 0 heterocycles. The maximum absolute atomic E-state index is 11.7. The van der Waals surface area contributed by atoms with Gasteiger partial charge >= 0.3 is 0 Å². The van der Waals surface area contributed by atoms with Crippen LogP contribution >= 0.6 is 7.14 Å². The van der Waals surface area contributed by atoms with Gasteiger partial charge in [-0.3, -0.25) is 0 Å². The van der Waals surface area contributed by atoms with Crippen LogP contribution in [0.25, 0.3) is 0 Å². The minimum Gasteiger partial charge on any atom is -0.320 e. The van der Waals surface area contributed by atoms with Gasteiger partial charge in [-0.25, -0.2) is 0 Å². The fraction of sp³-hybridized carbons (Fsp3) is 0.647. The van der Waals surface area contributed by atoms with Crippen molar-refractivity contribution < 1.29 is 4.57 Å². The Hall–Kier alpha value is -0.550. The number of rotatable bonds is 4. The molecule has 2 heteroatoms. The van der Waals surface area contributed by atoms with E-state index in [9.17, 15) is 4.57 Å². The molecule has 0 saturated heterocycles. The van der Waals surface area contributed by atoms with E-state index in [2.05, 4.69) is 45.9 Å². The molecule has 0 N–H and O–H groups in total. The summed E-state index contributed by atoms with van der Waals surface area (Å²) in [6.07, 6.45) is 10.4. The van der Waals surface area contributed by atoms with Crippen LogP contribution in [-0.4, -0.2) is 13.3 Å². The summed E-state index contributed by atoms with van der Waals surface area (Å²) in [5.74, 6) is 2.21. The van der Waals surface area contributed by atoms with E-state index >= 15 is 0 Å². The van der Waals surface area contributed by atoms with Gasteiger partial charge in [0.2, 0.25) is 0 Å². The molecule has 1 aliphatic rings. The normalized spacial score (nSPS) is 22.4. The predicted molar refractivity (Wildman–Crippen MR) is 87.2 cm³/mol. The minimum atomic E-state index is -2.04. The summed E-state index contributed by atoms with van der Waals surface area (Å²) < 4.78 is 11.7. The fourth-order valence-corrected chi connectivity index (χ4v) is 3.35. The SMILES string of the molecule is CC1=C(/C=C/C(C)/C=C/P(C)(C)=O)C(C)(C)CCC1. The molecule has 1 rings (SSSR count). The van der Waals surface area contributed by atoms with Gasteiger partial charge in [-0.05, 0) is 62.2 Å². The van der Waals surface area contributed by atoms with E-state index in [0.29, 0.717) is 11.3 Å². The van der Waals surface area contributed by atoms with E-state index in [-0.39, 0.29) is 0 Å². The highest BCUT2D eigenvalue weighted by atomic mass is 31.2. The molecule has 0 spiro atoms. The van der Waals surface area contributed by atoms with Gasteiger partial charge in [0, 0.05) is 0 Å². The molecule has 1 atom stereocenters. The Kier molecular flexibility index (Phi) is 5.44. The van der Waals surface area contributed by atoms with Crippen molar-refractivity contribution in [2.45, 2.75) is 47.0 Å². The number of allylic oxidation sites excluding steroid dienone is 5. The van der Waals surface area contributed by atoms with E-state index in [4.69, 9.17) is 0 Å². The molecule has 1 unspecified atom stereocenters. The lowest BCUT2D eigenvalue weighted by molar-refractivity contribution is 0.376. The van der Waals surface area contributed by atoms with Gasteiger partial charge in [0.05, 0.1) is 0 Å². The second-order valence-corrected chi connectivity index (χ2v) is 10.1. The van der Waals surface area contributed by atoms with Crippen molar-refractivity contribution in [2.75, 3.05) is 13.3 Å². The Labute approximate surface area is 119 Å². The predicted octanol–water partition coefficient (Wildman–Crippen LogP) is 5.84. The molecule has 0 aromatic carbocycles. The third-order valence-corrected chi connectivity index (χ3v) is 4.75. The quantitative estimate of drug-likeness (QED) is 0.591. The summed E-state index contributed by atoms with van der Waals surface area (Å²) in [7, 11) is -2.04. The van der Waals surface area contributed by atoms with Crippen molar-refractivity contribution >= 4 is 7.14 Å². The minimum absolute atomic E-state index is 0.299. The zero-order valence-electron chi connectivity index (χ0n) is 13.4. The first-order valence-electron chi connectivity index (χ1n) is 7.24. The second-order valence-electron chi connectivity index (χ2n) is 6.93. The maximum Gasteiger partial charge on any atom is 0.102 e. The molecule has 0 radical (unpaired) electrons. The van der Waals surface area contributed by atoms with Crippen molar-refractivity contribution in [2.24, 2.45) is 11.3 Å². The first kappa shape index (κ1) is 16.5. The molecule has 1 aliphatic carbocycles. The summed E-state index contributed by atoms with van der Waals surface area (Å²) in [5.41, 5.74) is 3.32. The Morgan fingerprint density at radius 2 is 1.89 bits per heavy atom. The molecular formula is C17H29OP. The molecule has 0 bridgehead atoms. The van der Waals surface area contributed by atoms with Crippen molar-refractivity contribution in [3.05, 3.63) is 35.2 Å². The van der Waals surface area contributed by atoms with Crippen LogP contribution in [0.5, 0.6) is 0 Å². The van der Waals surface area contributed by atoms with Crippen LogP contribution in [0.3, 0.4) is 0 Å². The summed E-state index contributed by atoms with van der Waals surface area (Å²) in [6, 6.07) is 0. The van der Waals surface area contributed by atoms with E-state index in [1.165, 1.54) is 30.4 Å². The Morgan fingerprint density at radius 3 is 2.42 bits per heavy atom. The molecular weight excluding hydrogens is 251 g/mol. The van der Waals surface area contributed by atoms with Crippen LogP contribution in [0.2, 0.25) is 0 Å². The van der Waals surface area contributed by atoms with Crippen LogP contribution in [0.15, 0.2) is 35.2 Å². The second kappa shape index (κ2) is 6.27. The third kappa shape index (κ3) is 5.53. The molecule has 0 saturated carbocycles. The molecule has 0 fully saturated rings. The molecule has 0 aromatic rings. The lowest BCUT2D eigenvalue weighted by atomic mass is 9.72. The third-order valence-electron chi connectivity index (χ3n) is 3.86. The smallest absolute Gasteiger partial charge is 0.102 e. The van der Waals surface area contributed by atoms with Gasteiger partial charge in [0.15, 0.2) is 0 Å². The highest BCUT2D eigenvalue weighted by Crippen LogP contribution is 2.41. The van der Waals surface area contributed by atoms with Crippen molar-refractivity contribution in [1.82, 2.24) is 0 Å². The number of hydrogen-bond acceptors (Lipinski definition) is 1. The monoisotopic (exact) mass is 280 g/mol. The largest absolute Gasteiger partial charge is 0.320 e. The van der Waals surface area contributed by atoms with Crippen LogP contribution in [0.1, 0.15) is 47.0 Å². The van der Waals surface area contributed by atoms with Crippen molar-refractivity contribution in [3.8, 4) is 0 Å². The maximum atomic E-state index is 11.7. The highest BCUT2D eigenvalue weighted by Gasteiger charge is 2.26. The fourth-order valence-electron chi connectivity index (χ4n) is 2.67. The standard InChI is InChI=1S/C17H29OP/c1-14(11-13-19(5,6)18)9-10-16-15(2)8-7-12-17(16,3)4/h9-11,13-14H,7-8,12H2,1-6H3/b10-9+,13-11+. The molecule has 108 valence electrons. The molecule has 0 amide bonds. The summed E-state index contributed by atoms with van der Waals surface area (Å²) >= 11 is 0. The summed E-state index contributed by atoms with van der Waals surface area (Å²) in [4.78, 5) is 0. The Balaban J connectivity index is 2.81. The summed E-state index contributed by atoms with van der Waals surface area (Å²) in [6.45, 7) is 12.7.